The van der Waals surface area contributed by atoms with E-state index in [4.69, 9.17) is 0 Å². The largest absolute Gasteiger partial charge is 0.338 e. The zero-order valence-corrected chi connectivity index (χ0v) is 18.9. The van der Waals surface area contributed by atoms with Crippen LogP contribution in [0.5, 0.6) is 0 Å². The van der Waals surface area contributed by atoms with Gasteiger partial charge in [-0.05, 0) is 41.4 Å². The standard InChI is InChI=1S/C19H28BrF2N5O2/c1-18(2,3)14(16(29)26-9-6-19(21,22)11-26)24-15(28)13-12-10-25(4)7-5-8-27(12)17(20)23-13/h14H,5-11H2,1-4H3,(H,24,28). The Morgan fingerprint density at radius 2 is 1.93 bits per heavy atom. The molecule has 29 heavy (non-hydrogen) atoms. The molecule has 1 aromatic rings. The molecule has 1 N–H and O–H groups in total. The molecule has 162 valence electrons. The number of alkyl halides is 2. The van der Waals surface area contributed by atoms with E-state index in [0.717, 1.165) is 30.1 Å². The fourth-order valence-electron chi connectivity index (χ4n) is 3.81. The summed E-state index contributed by atoms with van der Waals surface area (Å²) in [5.74, 6) is -3.82. The Hall–Kier alpha value is -1.55. The minimum atomic E-state index is -2.88. The fraction of sp³-hybridized carbons (Fsp3) is 0.737. The smallest absolute Gasteiger partial charge is 0.272 e. The zero-order valence-electron chi connectivity index (χ0n) is 17.3. The van der Waals surface area contributed by atoms with E-state index in [9.17, 15) is 18.4 Å². The molecule has 1 atom stereocenters. The van der Waals surface area contributed by atoms with Crippen LogP contribution in [0.4, 0.5) is 8.78 Å². The van der Waals surface area contributed by atoms with E-state index < -0.39 is 35.7 Å². The second-order valence-corrected chi connectivity index (χ2v) is 9.77. The lowest BCUT2D eigenvalue weighted by Gasteiger charge is -2.33. The minimum absolute atomic E-state index is 0.00942. The Kier molecular flexibility index (Phi) is 6.06. The summed E-state index contributed by atoms with van der Waals surface area (Å²) in [7, 11) is 1.98. The van der Waals surface area contributed by atoms with Crippen molar-refractivity contribution < 1.29 is 18.4 Å². The third kappa shape index (κ3) is 4.79. The summed E-state index contributed by atoms with van der Waals surface area (Å²) in [6.07, 6.45) is 0.586. The van der Waals surface area contributed by atoms with E-state index >= 15 is 0 Å². The van der Waals surface area contributed by atoms with E-state index in [2.05, 4.69) is 31.1 Å². The molecule has 1 aromatic heterocycles. The van der Waals surface area contributed by atoms with Crippen LogP contribution in [0.3, 0.4) is 0 Å². The van der Waals surface area contributed by atoms with Crippen molar-refractivity contribution in [3.63, 3.8) is 0 Å². The highest BCUT2D eigenvalue weighted by atomic mass is 79.9. The number of nitrogens with one attached hydrogen (secondary N) is 1. The molecule has 2 aliphatic rings. The number of rotatable bonds is 3. The number of amides is 2. The third-order valence-electron chi connectivity index (χ3n) is 5.45. The van der Waals surface area contributed by atoms with Crippen molar-refractivity contribution in [1.82, 2.24) is 24.7 Å². The molecule has 0 bridgehead atoms. The molecular weight excluding hydrogens is 448 g/mol. The number of nitrogens with zero attached hydrogens (tertiary/aromatic N) is 4. The first-order chi connectivity index (χ1) is 13.4. The highest BCUT2D eigenvalue weighted by molar-refractivity contribution is 9.10. The van der Waals surface area contributed by atoms with E-state index in [1.54, 1.807) is 20.8 Å². The molecule has 2 amide bonds. The van der Waals surface area contributed by atoms with Crippen molar-refractivity contribution in [1.29, 1.82) is 0 Å². The molecule has 0 saturated carbocycles. The van der Waals surface area contributed by atoms with Gasteiger partial charge in [0.2, 0.25) is 5.91 Å². The number of hydrogen-bond donors (Lipinski definition) is 1. The fourth-order valence-corrected chi connectivity index (χ4v) is 4.38. The molecule has 3 heterocycles. The lowest BCUT2D eigenvalue weighted by atomic mass is 9.85. The van der Waals surface area contributed by atoms with Gasteiger partial charge in [0.1, 0.15) is 6.04 Å². The highest BCUT2D eigenvalue weighted by Gasteiger charge is 2.45. The molecule has 1 fully saturated rings. The second kappa shape index (κ2) is 7.94. The average Bonchev–Trinajstić information content (AvgIpc) is 3.03. The van der Waals surface area contributed by atoms with Gasteiger partial charge in [-0.25, -0.2) is 13.8 Å². The maximum atomic E-state index is 13.6. The Morgan fingerprint density at radius 1 is 1.24 bits per heavy atom. The molecule has 3 rings (SSSR count). The predicted molar refractivity (Wildman–Crippen MR) is 108 cm³/mol. The second-order valence-electron chi connectivity index (χ2n) is 9.06. The zero-order chi connectivity index (χ0) is 21.6. The van der Waals surface area contributed by atoms with Crippen LogP contribution in [0, 0.1) is 5.41 Å². The lowest BCUT2D eigenvalue weighted by Crippen LogP contribution is -2.54. The number of likely N-dealkylation sites (tertiary alicyclic amines) is 1. The van der Waals surface area contributed by atoms with Crippen LogP contribution in [0.2, 0.25) is 0 Å². The number of carbonyl (C=O) groups is 2. The van der Waals surface area contributed by atoms with Crippen molar-refractivity contribution in [2.45, 2.75) is 58.7 Å². The van der Waals surface area contributed by atoms with Gasteiger partial charge in [0.05, 0.1) is 12.2 Å². The Bertz CT molecular complexity index is 805. The maximum absolute atomic E-state index is 13.6. The van der Waals surface area contributed by atoms with Crippen molar-refractivity contribution in [2.24, 2.45) is 5.41 Å². The van der Waals surface area contributed by atoms with Crippen molar-refractivity contribution in [3.05, 3.63) is 16.1 Å². The number of fused-ring (bicyclic) bond motifs is 1. The molecule has 7 nitrogen and oxygen atoms in total. The van der Waals surface area contributed by atoms with Crippen LogP contribution in [0.1, 0.15) is 49.8 Å². The number of carbonyl (C=O) groups excluding carboxylic acids is 2. The van der Waals surface area contributed by atoms with Crippen LogP contribution in [-0.4, -0.2) is 69.8 Å². The van der Waals surface area contributed by atoms with Crippen LogP contribution in [-0.2, 0) is 17.9 Å². The molecule has 0 radical (unpaired) electrons. The van der Waals surface area contributed by atoms with Gasteiger partial charge in [-0.2, -0.15) is 0 Å². The van der Waals surface area contributed by atoms with E-state index in [1.165, 1.54) is 0 Å². The number of halogens is 3. The topological polar surface area (TPSA) is 70.5 Å². The first-order valence-electron chi connectivity index (χ1n) is 9.80. The predicted octanol–water partition coefficient (Wildman–Crippen LogP) is 2.49. The van der Waals surface area contributed by atoms with Crippen molar-refractivity contribution >= 4 is 27.7 Å². The van der Waals surface area contributed by atoms with Crippen LogP contribution in [0.15, 0.2) is 4.73 Å². The van der Waals surface area contributed by atoms with Crippen LogP contribution < -0.4 is 5.32 Å². The number of hydrogen-bond acceptors (Lipinski definition) is 4. The summed E-state index contributed by atoms with van der Waals surface area (Å²) in [5, 5.41) is 2.79. The van der Waals surface area contributed by atoms with Gasteiger partial charge in [-0.3, -0.25) is 9.59 Å². The van der Waals surface area contributed by atoms with Gasteiger partial charge in [0, 0.05) is 26.1 Å². The van der Waals surface area contributed by atoms with E-state index in [0.29, 0.717) is 11.3 Å². The first-order valence-corrected chi connectivity index (χ1v) is 10.6. The Balaban J connectivity index is 1.84. The molecule has 0 spiro atoms. The van der Waals surface area contributed by atoms with Crippen LogP contribution in [0.25, 0.3) is 0 Å². The Morgan fingerprint density at radius 3 is 2.52 bits per heavy atom. The van der Waals surface area contributed by atoms with Gasteiger partial charge in [0.15, 0.2) is 10.4 Å². The summed E-state index contributed by atoms with van der Waals surface area (Å²) in [6, 6.07) is -0.927. The van der Waals surface area contributed by atoms with Gasteiger partial charge in [0.25, 0.3) is 11.8 Å². The minimum Gasteiger partial charge on any atom is -0.338 e. The summed E-state index contributed by atoms with van der Waals surface area (Å²) in [5.41, 5.74) is 0.400. The first kappa shape index (κ1) is 22.1. The molecule has 0 aromatic carbocycles. The molecule has 1 unspecified atom stereocenters. The summed E-state index contributed by atoms with van der Waals surface area (Å²) in [4.78, 5) is 33.7. The summed E-state index contributed by atoms with van der Waals surface area (Å²) >= 11 is 3.42. The van der Waals surface area contributed by atoms with Crippen molar-refractivity contribution in [3.8, 4) is 0 Å². The van der Waals surface area contributed by atoms with Crippen molar-refractivity contribution in [2.75, 3.05) is 26.7 Å². The monoisotopic (exact) mass is 475 g/mol. The molecule has 10 heteroatoms. The lowest BCUT2D eigenvalue weighted by molar-refractivity contribution is -0.136. The summed E-state index contributed by atoms with van der Waals surface area (Å²) in [6.45, 7) is 7.01. The Labute approximate surface area is 177 Å². The van der Waals surface area contributed by atoms with Gasteiger partial charge >= 0.3 is 0 Å². The average molecular weight is 476 g/mol. The number of imidazole rings is 1. The maximum Gasteiger partial charge on any atom is 0.272 e. The normalized spacial score (nSPS) is 20.9. The van der Waals surface area contributed by atoms with E-state index in [-0.39, 0.29) is 18.7 Å². The van der Waals surface area contributed by atoms with Gasteiger partial charge in [-0.1, -0.05) is 20.8 Å². The van der Waals surface area contributed by atoms with Crippen LogP contribution >= 0.6 is 15.9 Å². The summed E-state index contributed by atoms with van der Waals surface area (Å²) < 4.78 is 29.8. The molecular formula is C19H28BrF2N5O2. The van der Waals surface area contributed by atoms with E-state index in [1.807, 2.05) is 11.6 Å². The highest BCUT2D eigenvalue weighted by Crippen LogP contribution is 2.30. The molecule has 1 saturated heterocycles. The number of aromatic nitrogens is 2. The SMILES string of the molecule is CN1CCCn2c(Br)nc(C(=O)NC(C(=O)N3CCC(F)(F)C3)C(C)(C)C)c2C1. The van der Waals surface area contributed by atoms with Gasteiger partial charge in [-0.15, -0.1) is 0 Å². The van der Waals surface area contributed by atoms with Gasteiger partial charge < -0.3 is 19.7 Å². The molecule has 0 aliphatic carbocycles. The third-order valence-corrected chi connectivity index (χ3v) is 6.06. The molecule has 2 aliphatic heterocycles. The quantitative estimate of drug-likeness (QED) is 0.728.